The summed E-state index contributed by atoms with van der Waals surface area (Å²) in [5, 5.41) is 8.93. The monoisotopic (exact) mass is 195 g/mol. The van der Waals surface area contributed by atoms with Gasteiger partial charge >= 0.3 is 5.97 Å². The Morgan fingerprint density at radius 1 is 1.57 bits per heavy atom. The van der Waals surface area contributed by atoms with Gasteiger partial charge in [-0.3, -0.25) is 0 Å². The summed E-state index contributed by atoms with van der Waals surface area (Å²) in [6.45, 7) is 3.20. The molecule has 3 N–H and O–H groups in total. The predicted molar refractivity (Wildman–Crippen MR) is 52.9 cm³/mol. The molecule has 0 spiro atoms. The fourth-order valence-corrected chi connectivity index (χ4v) is 0.924. The average molecular weight is 195 g/mol. The van der Waals surface area contributed by atoms with Crippen LogP contribution in [0.1, 0.15) is 12.5 Å². The van der Waals surface area contributed by atoms with Gasteiger partial charge in [0, 0.05) is 0 Å². The van der Waals surface area contributed by atoms with Crippen LogP contribution in [0, 0.1) is 6.92 Å². The summed E-state index contributed by atoms with van der Waals surface area (Å²) in [5.74, 6) is -0.418. The Hall–Kier alpha value is -1.55. The summed E-state index contributed by atoms with van der Waals surface area (Å²) in [6, 6.07) is 5.12. The molecular weight excluding hydrogens is 182 g/mol. The number of benzene rings is 1. The van der Waals surface area contributed by atoms with Crippen LogP contribution in [-0.4, -0.2) is 17.2 Å². The van der Waals surface area contributed by atoms with Gasteiger partial charge < -0.3 is 15.6 Å². The molecule has 0 saturated carbocycles. The molecule has 0 aromatic heterocycles. The van der Waals surface area contributed by atoms with E-state index >= 15 is 0 Å². The lowest BCUT2D eigenvalue weighted by Crippen LogP contribution is -2.22. The van der Waals surface area contributed by atoms with Crippen LogP contribution in [0.2, 0.25) is 0 Å². The maximum atomic E-state index is 11.0. The van der Waals surface area contributed by atoms with Crippen molar-refractivity contribution in [3.8, 4) is 5.75 Å². The van der Waals surface area contributed by atoms with E-state index in [9.17, 15) is 4.79 Å². The number of carbonyl (C=O) groups is 1. The molecule has 1 rings (SSSR count). The zero-order chi connectivity index (χ0) is 10.7. The number of aliphatic hydroxyl groups is 1. The van der Waals surface area contributed by atoms with E-state index in [1.54, 1.807) is 12.1 Å². The van der Waals surface area contributed by atoms with Crippen LogP contribution in [0.3, 0.4) is 0 Å². The highest BCUT2D eigenvalue weighted by atomic mass is 16.5. The third kappa shape index (κ3) is 2.47. The maximum Gasteiger partial charge on any atom is 0.340 e. The summed E-state index contributed by atoms with van der Waals surface area (Å²) < 4.78 is 4.87. The standard InChI is InChI=1S/C10H13NO3/c1-6-3-4-8(11)9(5-6)14-10(13)7(2)12/h3-5,7,12H,11H2,1-2H3. The van der Waals surface area contributed by atoms with E-state index < -0.39 is 12.1 Å². The minimum Gasteiger partial charge on any atom is -0.422 e. The van der Waals surface area contributed by atoms with Gasteiger partial charge in [0.25, 0.3) is 0 Å². The molecule has 0 fully saturated rings. The van der Waals surface area contributed by atoms with Crippen molar-refractivity contribution < 1.29 is 14.6 Å². The molecule has 0 radical (unpaired) electrons. The van der Waals surface area contributed by atoms with Crippen LogP contribution >= 0.6 is 0 Å². The Kier molecular flexibility index (Phi) is 3.09. The third-order valence-corrected chi connectivity index (χ3v) is 1.72. The lowest BCUT2D eigenvalue weighted by Gasteiger charge is -2.08. The van der Waals surface area contributed by atoms with Crippen LogP contribution in [0.25, 0.3) is 0 Å². The molecule has 4 nitrogen and oxygen atoms in total. The number of aryl methyl sites for hydroxylation is 1. The second-order valence-corrected chi connectivity index (χ2v) is 3.14. The number of esters is 1. The Morgan fingerprint density at radius 2 is 2.21 bits per heavy atom. The normalized spacial score (nSPS) is 12.2. The molecule has 0 saturated heterocycles. The molecule has 4 heteroatoms. The lowest BCUT2D eigenvalue weighted by molar-refractivity contribution is -0.142. The molecule has 0 aliphatic heterocycles. The quantitative estimate of drug-likeness (QED) is 0.417. The highest BCUT2D eigenvalue weighted by Gasteiger charge is 2.12. The van der Waals surface area contributed by atoms with Crippen molar-refractivity contribution in [3.05, 3.63) is 23.8 Å². The van der Waals surface area contributed by atoms with E-state index in [0.717, 1.165) is 5.56 Å². The maximum absolute atomic E-state index is 11.0. The molecular formula is C10H13NO3. The van der Waals surface area contributed by atoms with E-state index in [1.165, 1.54) is 6.92 Å². The number of hydrogen-bond acceptors (Lipinski definition) is 4. The number of hydrogen-bond donors (Lipinski definition) is 2. The van der Waals surface area contributed by atoms with Crippen LogP contribution in [0.15, 0.2) is 18.2 Å². The van der Waals surface area contributed by atoms with Crippen molar-refractivity contribution in [2.24, 2.45) is 0 Å². The zero-order valence-corrected chi connectivity index (χ0v) is 8.15. The Labute approximate surface area is 82.3 Å². The third-order valence-electron chi connectivity index (χ3n) is 1.72. The summed E-state index contributed by atoms with van der Waals surface area (Å²) in [7, 11) is 0. The van der Waals surface area contributed by atoms with Crippen molar-refractivity contribution in [1.82, 2.24) is 0 Å². The van der Waals surface area contributed by atoms with Crippen LogP contribution in [0.5, 0.6) is 5.75 Å². The first-order valence-corrected chi connectivity index (χ1v) is 4.26. The number of nitrogens with two attached hydrogens (primary N) is 1. The first-order valence-electron chi connectivity index (χ1n) is 4.26. The molecule has 0 heterocycles. The van der Waals surface area contributed by atoms with Gasteiger partial charge in [-0.25, -0.2) is 4.79 Å². The predicted octanol–water partition coefficient (Wildman–Crippen LogP) is 0.863. The van der Waals surface area contributed by atoms with E-state index in [1.807, 2.05) is 13.0 Å². The molecule has 14 heavy (non-hydrogen) atoms. The molecule has 1 unspecified atom stereocenters. The minimum atomic E-state index is -1.14. The summed E-state index contributed by atoms with van der Waals surface area (Å²) in [6.07, 6.45) is -1.14. The number of aliphatic hydroxyl groups excluding tert-OH is 1. The number of rotatable bonds is 2. The number of anilines is 1. The summed E-state index contributed by atoms with van der Waals surface area (Å²) in [4.78, 5) is 11.0. The highest BCUT2D eigenvalue weighted by molar-refractivity contribution is 5.78. The van der Waals surface area contributed by atoms with Crippen LogP contribution in [0.4, 0.5) is 5.69 Å². The Balaban J connectivity index is 2.86. The second-order valence-electron chi connectivity index (χ2n) is 3.14. The van der Waals surface area contributed by atoms with E-state index in [0.29, 0.717) is 5.69 Å². The van der Waals surface area contributed by atoms with Crippen molar-refractivity contribution in [3.63, 3.8) is 0 Å². The first kappa shape index (κ1) is 10.5. The number of ether oxygens (including phenoxy) is 1. The Morgan fingerprint density at radius 3 is 2.79 bits per heavy atom. The van der Waals surface area contributed by atoms with E-state index in [2.05, 4.69) is 0 Å². The Bertz CT molecular complexity index is 347. The SMILES string of the molecule is Cc1ccc(N)c(OC(=O)C(C)O)c1. The average Bonchev–Trinajstić information content (AvgIpc) is 2.11. The topological polar surface area (TPSA) is 72.5 Å². The first-order chi connectivity index (χ1) is 6.50. The van der Waals surface area contributed by atoms with Crippen molar-refractivity contribution >= 4 is 11.7 Å². The largest absolute Gasteiger partial charge is 0.422 e. The van der Waals surface area contributed by atoms with Gasteiger partial charge in [-0.2, -0.15) is 0 Å². The second kappa shape index (κ2) is 4.11. The molecule has 1 aromatic rings. The molecule has 0 amide bonds. The van der Waals surface area contributed by atoms with Gasteiger partial charge in [0.1, 0.15) is 6.10 Å². The van der Waals surface area contributed by atoms with Gasteiger partial charge in [0.15, 0.2) is 5.75 Å². The summed E-state index contributed by atoms with van der Waals surface area (Å²) >= 11 is 0. The number of nitrogen functional groups attached to an aromatic ring is 1. The molecule has 0 bridgehead atoms. The number of carbonyl (C=O) groups excluding carboxylic acids is 1. The fourth-order valence-electron chi connectivity index (χ4n) is 0.924. The van der Waals surface area contributed by atoms with Crippen LogP contribution < -0.4 is 10.5 Å². The van der Waals surface area contributed by atoms with Gasteiger partial charge in [-0.05, 0) is 31.5 Å². The van der Waals surface area contributed by atoms with E-state index in [-0.39, 0.29) is 5.75 Å². The summed E-state index contributed by atoms with van der Waals surface area (Å²) in [5.41, 5.74) is 6.90. The van der Waals surface area contributed by atoms with Gasteiger partial charge in [0.2, 0.25) is 0 Å². The lowest BCUT2D eigenvalue weighted by atomic mass is 10.2. The minimum absolute atomic E-state index is 0.288. The fraction of sp³-hybridized carbons (Fsp3) is 0.300. The van der Waals surface area contributed by atoms with Crippen molar-refractivity contribution in [2.45, 2.75) is 20.0 Å². The van der Waals surface area contributed by atoms with Gasteiger partial charge in [-0.1, -0.05) is 6.07 Å². The zero-order valence-electron chi connectivity index (χ0n) is 8.15. The molecule has 1 aromatic carbocycles. The highest BCUT2D eigenvalue weighted by Crippen LogP contribution is 2.22. The molecule has 0 aliphatic carbocycles. The van der Waals surface area contributed by atoms with Crippen molar-refractivity contribution in [2.75, 3.05) is 5.73 Å². The van der Waals surface area contributed by atoms with Crippen LogP contribution in [-0.2, 0) is 4.79 Å². The molecule has 0 aliphatic rings. The van der Waals surface area contributed by atoms with Crippen molar-refractivity contribution in [1.29, 1.82) is 0 Å². The molecule has 1 atom stereocenters. The van der Waals surface area contributed by atoms with Gasteiger partial charge in [-0.15, -0.1) is 0 Å². The molecule has 76 valence electrons. The van der Waals surface area contributed by atoms with Gasteiger partial charge in [0.05, 0.1) is 5.69 Å². The van der Waals surface area contributed by atoms with E-state index in [4.69, 9.17) is 15.6 Å². The smallest absolute Gasteiger partial charge is 0.340 e.